The van der Waals surface area contributed by atoms with Crippen molar-refractivity contribution in [2.75, 3.05) is 23.7 Å². The van der Waals surface area contributed by atoms with Gasteiger partial charge in [0.25, 0.3) is 0 Å². The number of aryl methyl sites for hydroxylation is 1. The number of piperidine rings is 1. The molecular weight excluding hydrogens is 420 g/mol. The Bertz CT molecular complexity index is 1070. The Hall–Kier alpha value is -2.75. The van der Waals surface area contributed by atoms with Gasteiger partial charge >= 0.3 is 0 Å². The summed E-state index contributed by atoms with van der Waals surface area (Å²) in [6, 6.07) is 1.96. The number of sulfonamides is 1. The number of aliphatic hydroxyl groups excluding tert-OH is 1. The fraction of sp³-hybridized carbons (Fsp3) is 0.579. The van der Waals surface area contributed by atoms with Crippen molar-refractivity contribution in [2.45, 2.75) is 55.2 Å². The van der Waals surface area contributed by atoms with E-state index in [4.69, 9.17) is 0 Å². The Balaban J connectivity index is 1.39. The molecule has 2 aromatic rings. The number of anilines is 2. The highest BCUT2D eigenvalue weighted by Gasteiger charge is 2.31. The normalized spacial score (nSPS) is 22.9. The van der Waals surface area contributed by atoms with Crippen LogP contribution in [0.25, 0.3) is 0 Å². The molecule has 2 atom stereocenters. The van der Waals surface area contributed by atoms with Crippen LogP contribution in [-0.2, 0) is 17.1 Å². The van der Waals surface area contributed by atoms with E-state index in [2.05, 4.69) is 31.8 Å². The van der Waals surface area contributed by atoms with Crippen molar-refractivity contribution in [3.05, 3.63) is 24.2 Å². The van der Waals surface area contributed by atoms with Crippen molar-refractivity contribution in [3.8, 4) is 6.07 Å². The van der Waals surface area contributed by atoms with E-state index in [0.717, 1.165) is 19.3 Å². The molecule has 0 unspecified atom stereocenters. The third-order valence-electron chi connectivity index (χ3n) is 5.82. The van der Waals surface area contributed by atoms with Crippen LogP contribution in [0, 0.1) is 11.3 Å². The fourth-order valence-electron chi connectivity index (χ4n) is 4.03. The molecule has 166 valence electrons. The van der Waals surface area contributed by atoms with Crippen LogP contribution in [0.2, 0.25) is 0 Å². The minimum atomic E-state index is -3.55. The molecule has 1 aliphatic heterocycles. The SMILES string of the molecule is Cn1cc(S(=O)(=O)N2CCC(Nc3ncc(C#N)c(N[C@H]4CCC[C@H]4O)n3)CC2)cn1. The lowest BCUT2D eigenvalue weighted by Gasteiger charge is -2.31. The number of aliphatic hydroxyl groups is 1. The van der Waals surface area contributed by atoms with E-state index in [-0.39, 0.29) is 17.0 Å². The van der Waals surface area contributed by atoms with Gasteiger partial charge in [0.05, 0.1) is 24.5 Å². The highest BCUT2D eigenvalue weighted by Crippen LogP contribution is 2.25. The molecule has 1 saturated carbocycles. The fourth-order valence-corrected chi connectivity index (χ4v) is 5.49. The number of nitriles is 1. The smallest absolute Gasteiger partial charge is 0.246 e. The van der Waals surface area contributed by atoms with Gasteiger partial charge in [-0.3, -0.25) is 4.68 Å². The summed E-state index contributed by atoms with van der Waals surface area (Å²) in [6.07, 6.45) is 7.56. The molecular formula is C19H26N8O3S. The molecule has 0 radical (unpaired) electrons. The van der Waals surface area contributed by atoms with Crippen LogP contribution in [0.3, 0.4) is 0 Å². The highest BCUT2D eigenvalue weighted by molar-refractivity contribution is 7.89. The third kappa shape index (κ3) is 4.63. The van der Waals surface area contributed by atoms with Gasteiger partial charge in [0.1, 0.15) is 22.3 Å². The Morgan fingerprint density at radius 3 is 2.58 bits per heavy atom. The van der Waals surface area contributed by atoms with Crippen LogP contribution in [0.4, 0.5) is 11.8 Å². The third-order valence-corrected chi connectivity index (χ3v) is 7.67. The topological polar surface area (TPSA) is 149 Å². The standard InChI is InChI=1S/C19H26N8O3S/c1-26-12-15(11-22-26)31(29,30)27-7-5-14(6-8-27)23-19-21-10-13(9-20)18(25-19)24-16-3-2-4-17(16)28/h10-12,14,16-17,28H,2-8H2,1H3,(H2,21,23,24,25)/t16-,17+/m0/s1. The number of hydrogen-bond donors (Lipinski definition) is 3. The quantitative estimate of drug-likeness (QED) is 0.582. The molecule has 2 aromatic heterocycles. The van der Waals surface area contributed by atoms with Crippen molar-refractivity contribution >= 4 is 21.8 Å². The molecule has 0 spiro atoms. The molecule has 0 aromatic carbocycles. The lowest BCUT2D eigenvalue weighted by Crippen LogP contribution is -2.42. The van der Waals surface area contributed by atoms with E-state index >= 15 is 0 Å². The molecule has 2 fully saturated rings. The van der Waals surface area contributed by atoms with Gasteiger partial charge in [0, 0.05) is 32.4 Å². The molecule has 2 aliphatic rings. The molecule has 3 heterocycles. The first-order valence-corrected chi connectivity index (χ1v) is 11.8. The number of hydrogen-bond acceptors (Lipinski definition) is 9. The lowest BCUT2D eigenvalue weighted by molar-refractivity contribution is 0.171. The zero-order valence-electron chi connectivity index (χ0n) is 17.3. The second-order valence-electron chi connectivity index (χ2n) is 7.99. The predicted octanol–water partition coefficient (Wildman–Crippen LogP) is 0.672. The minimum absolute atomic E-state index is 0.0122. The molecule has 3 N–H and O–H groups in total. The first-order chi connectivity index (χ1) is 14.9. The second-order valence-corrected chi connectivity index (χ2v) is 9.93. The van der Waals surface area contributed by atoms with E-state index in [1.54, 1.807) is 7.05 Å². The Kier molecular flexibility index (Phi) is 6.08. The minimum Gasteiger partial charge on any atom is -0.391 e. The Labute approximate surface area is 181 Å². The van der Waals surface area contributed by atoms with Crippen molar-refractivity contribution in [2.24, 2.45) is 7.05 Å². The lowest BCUT2D eigenvalue weighted by atomic mass is 10.1. The summed E-state index contributed by atoms with van der Waals surface area (Å²) in [7, 11) is -1.87. The van der Waals surface area contributed by atoms with E-state index in [0.29, 0.717) is 43.3 Å². The number of rotatable bonds is 6. The Morgan fingerprint density at radius 2 is 1.97 bits per heavy atom. The van der Waals surface area contributed by atoms with E-state index in [1.807, 2.05) is 0 Å². The highest BCUT2D eigenvalue weighted by atomic mass is 32.2. The van der Waals surface area contributed by atoms with E-state index in [1.165, 1.54) is 27.6 Å². The maximum Gasteiger partial charge on any atom is 0.246 e. The number of aromatic nitrogens is 4. The van der Waals surface area contributed by atoms with Crippen molar-refractivity contribution in [1.29, 1.82) is 5.26 Å². The second kappa shape index (κ2) is 8.78. The van der Waals surface area contributed by atoms with Gasteiger partial charge in [-0.15, -0.1) is 0 Å². The first kappa shape index (κ1) is 21.5. The average molecular weight is 447 g/mol. The molecule has 11 nitrogen and oxygen atoms in total. The van der Waals surface area contributed by atoms with Gasteiger partial charge in [0.15, 0.2) is 0 Å². The zero-order chi connectivity index (χ0) is 22.0. The van der Waals surface area contributed by atoms with Gasteiger partial charge in [-0.2, -0.15) is 19.6 Å². The monoisotopic (exact) mass is 446 g/mol. The van der Waals surface area contributed by atoms with Gasteiger partial charge in [0.2, 0.25) is 16.0 Å². The number of nitrogens with one attached hydrogen (secondary N) is 2. The van der Waals surface area contributed by atoms with Crippen molar-refractivity contribution < 1.29 is 13.5 Å². The zero-order valence-corrected chi connectivity index (χ0v) is 18.1. The molecule has 31 heavy (non-hydrogen) atoms. The summed E-state index contributed by atoms with van der Waals surface area (Å²) in [5, 5.41) is 29.8. The van der Waals surface area contributed by atoms with Gasteiger partial charge in [-0.1, -0.05) is 0 Å². The van der Waals surface area contributed by atoms with Crippen LogP contribution in [0.5, 0.6) is 0 Å². The summed E-state index contributed by atoms with van der Waals surface area (Å²) in [5.41, 5.74) is 0.321. The average Bonchev–Trinajstić information content (AvgIpc) is 3.37. The first-order valence-electron chi connectivity index (χ1n) is 10.3. The van der Waals surface area contributed by atoms with Gasteiger partial charge < -0.3 is 15.7 Å². The van der Waals surface area contributed by atoms with Crippen LogP contribution in [-0.4, -0.2) is 68.9 Å². The molecule has 1 aliphatic carbocycles. The van der Waals surface area contributed by atoms with Gasteiger partial charge in [-0.25, -0.2) is 13.4 Å². The van der Waals surface area contributed by atoms with Crippen LogP contribution in [0.15, 0.2) is 23.5 Å². The predicted molar refractivity (Wildman–Crippen MR) is 113 cm³/mol. The summed E-state index contributed by atoms with van der Waals surface area (Å²) < 4.78 is 28.4. The van der Waals surface area contributed by atoms with Crippen LogP contribution >= 0.6 is 0 Å². The maximum atomic E-state index is 12.7. The van der Waals surface area contributed by atoms with E-state index < -0.39 is 16.1 Å². The molecule has 0 bridgehead atoms. The summed E-state index contributed by atoms with van der Waals surface area (Å²) in [4.78, 5) is 8.87. The summed E-state index contributed by atoms with van der Waals surface area (Å²) >= 11 is 0. The summed E-state index contributed by atoms with van der Waals surface area (Å²) in [5.74, 6) is 0.782. The molecule has 1 saturated heterocycles. The van der Waals surface area contributed by atoms with E-state index in [9.17, 15) is 18.8 Å². The summed E-state index contributed by atoms with van der Waals surface area (Å²) in [6.45, 7) is 0.759. The van der Waals surface area contributed by atoms with Crippen molar-refractivity contribution in [1.82, 2.24) is 24.1 Å². The molecule has 12 heteroatoms. The van der Waals surface area contributed by atoms with Gasteiger partial charge in [-0.05, 0) is 32.1 Å². The Morgan fingerprint density at radius 1 is 1.19 bits per heavy atom. The number of nitrogens with zero attached hydrogens (tertiary/aromatic N) is 6. The molecule has 0 amide bonds. The van der Waals surface area contributed by atoms with Crippen LogP contribution in [0.1, 0.15) is 37.7 Å². The maximum absolute atomic E-state index is 12.7. The van der Waals surface area contributed by atoms with Crippen LogP contribution < -0.4 is 10.6 Å². The van der Waals surface area contributed by atoms with Crippen molar-refractivity contribution in [3.63, 3.8) is 0 Å². The molecule has 4 rings (SSSR count). The largest absolute Gasteiger partial charge is 0.391 e.